The van der Waals surface area contributed by atoms with Crippen LogP contribution in [-0.4, -0.2) is 23.4 Å². The first kappa shape index (κ1) is 24.9. The lowest BCUT2D eigenvalue weighted by atomic mass is 10.0. The second-order valence-corrected chi connectivity index (χ2v) is 6.53. The molecule has 2 nitrogen and oxygen atoms in total. The number of allylic oxidation sites excluding steroid dienone is 2. The summed E-state index contributed by atoms with van der Waals surface area (Å²) in [5.74, 6) is 0.889. The summed E-state index contributed by atoms with van der Waals surface area (Å²) in [7, 11) is 0. The van der Waals surface area contributed by atoms with Gasteiger partial charge in [0.15, 0.2) is 0 Å². The molecular formula is C21H44O2. The zero-order valence-electron chi connectivity index (χ0n) is 16.4. The Balaban J connectivity index is 0. The minimum atomic E-state index is 0.355. The lowest BCUT2D eigenvalue weighted by Gasteiger charge is -2.03. The summed E-state index contributed by atoms with van der Waals surface area (Å²) in [6, 6.07) is 0. The van der Waals surface area contributed by atoms with E-state index < -0.39 is 0 Å². The molecule has 0 aliphatic heterocycles. The van der Waals surface area contributed by atoms with Gasteiger partial charge >= 0.3 is 0 Å². The topological polar surface area (TPSA) is 40.5 Å². The van der Waals surface area contributed by atoms with Gasteiger partial charge in [0.05, 0.1) is 0 Å². The van der Waals surface area contributed by atoms with Gasteiger partial charge in [0, 0.05) is 13.2 Å². The lowest BCUT2D eigenvalue weighted by Crippen LogP contribution is -1.89. The molecule has 1 aliphatic rings. The summed E-state index contributed by atoms with van der Waals surface area (Å²) in [5, 5.41) is 16.6. The van der Waals surface area contributed by atoms with Crippen molar-refractivity contribution in [3.63, 3.8) is 0 Å². The van der Waals surface area contributed by atoms with Crippen LogP contribution in [0.1, 0.15) is 105 Å². The molecule has 0 heterocycles. The molecule has 0 radical (unpaired) electrons. The largest absolute Gasteiger partial charge is 0.396 e. The molecule has 0 bridgehead atoms. The Morgan fingerprint density at radius 2 is 1.30 bits per heavy atom. The van der Waals surface area contributed by atoms with Crippen molar-refractivity contribution in [3.05, 3.63) is 11.6 Å². The van der Waals surface area contributed by atoms with E-state index in [2.05, 4.69) is 33.8 Å². The molecule has 1 aliphatic carbocycles. The molecule has 0 saturated carbocycles. The van der Waals surface area contributed by atoms with Crippen LogP contribution in [0.4, 0.5) is 0 Å². The summed E-state index contributed by atoms with van der Waals surface area (Å²) < 4.78 is 0. The summed E-state index contributed by atoms with van der Waals surface area (Å²) in [4.78, 5) is 0. The number of rotatable bonds is 10. The van der Waals surface area contributed by atoms with Crippen LogP contribution in [0, 0.1) is 5.92 Å². The highest BCUT2D eigenvalue weighted by atomic mass is 16.3. The van der Waals surface area contributed by atoms with E-state index >= 15 is 0 Å². The zero-order chi connectivity index (χ0) is 17.8. The molecule has 1 rings (SSSR count). The van der Waals surface area contributed by atoms with E-state index in [1.54, 1.807) is 5.57 Å². The third kappa shape index (κ3) is 19.6. The number of aliphatic hydroxyl groups excluding tert-OH is 2. The predicted molar refractivity (Wildman–Crippen MR) is 104 cm³/mol. The van der Waals surface area contributed by atoms with E-state index in [9.17, 15) is 0 Å². The number of hydrogen-bond donors (Lipinski definition) is 2. The Labute approximate surface area is 146 Å². The summed E-state index contributed by atoms with van der Waals surface area (Å²) in [5.41, 5.74) is 1.67. The van der Waals surface area contributed by atoms with Crippen LogP contribution in [-0.2, 0) is 0 Å². The number of unbranched alkanes of at least 4 members (excludes halogenated alkanes) is 7. The van der Waals surface area contributed by atoms with Crippen LogP contribution < -0.4 is 0 Å². The van der Waals surface area contributed by atoms with Gasteiger partial charge in [0.25, 0.3) is 0 Å². The molecule has 0 aromatic carbocycles. The Kier molecular flexibility index (Phi) is 23.5. The van der Waals surface area contributed by atoms with Gasteiger partial charge in [-0.05, 0) is 38.0 Å². The summed E-state index contributed by atoms with van der Waals surface area (Å²) in [6.45, 7) is 9.62. The molecule has 0 saturated heterocycles. The van der Waals surface area contributed by atoms with Crippen LogP contribution >= 0.6 is 0 Å². The van der Waals surface area contributed by atoms with E-state index in [-0.39, 0.29) is 0 Å². The van der Waals surface area contributed by atoms with Crippen molar-refractivity contribution >= 4 is 0 Å². The lowest BCUT2D eigenvalue weighted by molar-refractivity contribution is 0.282. The third-order valence-electron chi connectivity index (χ3n) is 4.32. The molecule has 0 amide bonds. The first-order valence-corrected chi connectivity index (χ1v) is 10.1. The number of hydrogen-bond acceptors (Lipinski definition) is 2. The average molecular weight is 329 g/mol. The van der Waals surface area contributed by atoms with Gasteiger partial charge in [-0.25, -0.2) is 0 Å². The van der Waals surface area contributed by atoms with Crippen LogP contribution in [0.25, 0.3) is 0 Å². The standard InChI is InChI=1S/C8H18O.C8H14.C5H12O/c1-2-3-4-5-6-7-8-9;1-3-8-6-4-5-7(8)2;1-2-3-4-5-6/h9H,2-8H2,1H3;6-7H,3-5H2,1-2H3;6H,2-5H2,1H3. The Bertz CT molecular complexity index is 226. The predicted octanol–water partition coefficient (Wildman–Crippen LogP) is 6.26. The fourth-order valence-electron chi connectivity index (χ4n) is 2.65. The highest BCUT2D eigenvalue weighted by molar-refractivity contribution is 5.10. The quantitative estimate of drug-likeness (QED) is 0.367. The average Bonchev–Trinajstić information content (AvgIpc) is 2.99. The molecule has 2 heteroatoms. The zero-order valence-corrected chi connectivity index (χ0v) is 16.4. The second-order valence-electron chi connectivity index (χ2n) is 6.53. The van der Waals surface area contributed by atoms with Crippen LogP contribution in [0.15, 0.2) is 11.6 Å². The minimum absolute atomic E-state index is 0.355. The molecular weight excluding hydrogens is 284 g/mol. The highest BCUT2D eigenvalue weighted by Gasteiger charge is 2.10. The first-order chi connectivity index (χ1) is 11.2. The monoisotopic (exact) mass is 328 g/mol. The van der Waals surface area contributed by atoms with E-state index in [4.69, 9.17) is 10.2 Å². The van der Waals surface area contributed by atoms with Crippen LogP contribution in [0.3, 0.4) is 0 Å². The van der Waals surface area contributed by atoms with Gasteiger partial charge in [-0.15, -0.1) is 0 Å². The van der Waals surface area contributed by atoms with E-state index in [0.717, 1.165) is 25.2 Å². The van der Waals surface area contributed by atoms with E-state index in [1.165, 1.54) is 57.8 Å². The van der Waals surface area contributed by atoms with Crippen molar-refractivity contribution in [2.75, 3.05) is 13.2 Å². The van der Waals surface area contributed by atoms with Crippen molar-refractivity contribution in [1.82, 2.24) is 0 Å². The van der Waals surface area contributed by atoms with Crippen molar-refractivity contribution in [3.8, 4) is 0 Å². The van der Waals surface area contributed by atoms with Crippen LogP contribution in [0.5, 0.6) is 0 Å². The fraction of sp³-hybridized carbons (Fsp3) is 0.905. The number of aliphatic hydroxyl groups is 2. The molecule has 0 aromatic rings. The Morgan fingerprint density at radius 3 is 1.65 bits per heavy atom. The smallest absolute Gasteiger partial charge is 0.0431 e. The highest BCUT2D eigenvalue weighted by Crippen LogP contribution is 2.26. The molecule has 23 heavy (non-hydrogen) atoms. The van der Waals surface area contributed by atoms with Crippen molar-refractivity contribution in [2.24, 2.45) is 5.92 Å². The van der Waals surface area contributed by atoms with Gasteiger partial charge in [0.1, 0.15) is 0 Å². The SMILES string of the molecule is CCC1=CCCC1C.CCCCCCCCO.CCCCCO. The minimum Gasteiger partial charge on any atom is -0.396 e. The van der Waals surface area contributed by atoms with Crippen molar-refractivity contribution in [1.29, 1.82) is 0 Å². The fourth-order valence-corrected chi connectivity index (χ4v) is 2.65. The molecule has 0 aromatic heterocycles. The van der Waals surface area contributed by atoms with Gasteiger partial charge in [0.2, 0.25) is 0 Å². The normalized spacial score (nSPS) is 16.1. The van der Waals surface area contributed by atoms with Gasteiger partial charge in [-0.3, -0.25) is 0 Å². The van der Waals surface area contributed by atoms with Gasteiger partial charge in [-0.2, -0.15) is 0 Å². The summed E-state index contributed by atoms with van der Waals surface area (Å²) >= 11 is 0. The molecule has 1 unspecified atom stereocenters. The van der Waals surface area contributed by atoms with Crippen molar-refractivity contribution < 1.29 is 10.2 Å². The first-order valence-electron chi connectivity index (χ1n) is 10.1. The van der Waals surface area contributed by atoms with E-state index in [0.29, 0.717) is 13.2 Å². The molecule has 1 atom stereocenters. The second kappa shape index (κ2) is 21.7. The molecule has 0 spiro atoms. The van der Waals surface area contributed by atoms with Gasteiger partial charge in [-0.1, -0.05) is 84.3 Å². The Hall–Kier alpha value is -0.340. The maximum atomic E-state index is 8.42. The van der Waals surface area contributed by atoms with E-state index in [1.807, 2.05) is 0 Å². The maximum absolute atomic E-state index is 8.42. The summed E-state index contributed by atoms with van der Waals surface area (Å²) in [6.07, 6.45) is 17.2. The maximum Gasteiger partial charge on any atom is 0.0431 e. The van der Waals surface area contributed by atoms with Gasteiger partial charge < -0.3 is 10.2 Å². The van der Waals surface area contributed by atoms with Crippen molar-refractivity contribution in [2.45, 2.75) is 105 Å². The molecule has 140 valence electrons. The molecule has 2 N–H and O–H groups in total. The van der Waals surface area contributed by atoms with Crippen LogP contribution in [0.2, 0.25) is 0 Å². The Morgan fingerprint density at radius 1 is 0.826 bits per heavy atom. The third-order valence-corrected chi connectivity index (χ3v) is 4.32. The molecule has 0 fully saturated rings.